The topological polar surface area (TPSA) is 20.2 Å². The fraction of sp³-hybridized carbons (Fsp3) is 0.375. The number of aliphatic hydroxyl groups is 1. The predicted molar refractivity (Wildman–Crippen MR) is 139 cm³/mol. The molecule has 2 aliphatic carbocycles. The lowest BCUT2D eigenvalue weighted by Crippen LogP contribution is -2.48. The van der Waals surface area contributed by atoms with Crippen LogP contribution in [0.15, 0.2) is 84.9 Å². The Balaban J connectivity index is 1.66. The molecular weight excluding hydrogens is 400 g/mol. The minimum atomic E-state index is -0.443. The van der Waals surface area contributed by atoms with Crippen molar-refractivity contribution in [2.24, 2.45) is 23.2 Å². The van der Waals surface area contributed by atoms with E-state index in [1.807, 2.05) is 0 Å². The number of hydrogen-bond donors (Lipinski definition) is 1. The molecule has 170 valence electrons. The van der Waals surface area contributed by atoms with Gasteiger partial charge in [-0.05, 0) is 68.4 Å². The molecule has 3 aromatic rings. The number of rotatable bonds is 2. The van der Waals surface area contributed by atoms with Crippen LogP contribution in [0.2, 0.25) is 0 Å². The molecule has 33 heavy (non-hydrogen) atoms. The van der Waals surface area contributed by atoms with Crippen molar-refractivity contribution in [3.63, 3.8) is 0 Å². The van der Waals surface area contributed by atoms with Crippen molar-refractivity contribution in [2.75, 3.05) is 0 Å². The van der Waals surface area contributed by atoms with Crippen LogP contribution in [-0.4, -0.2) is 11.2 Å². The summed E-state index contributed by atoms with van der Waals surface area (Å²) in [5.41, 5.74) is 8.01. The third kappa shape index (κ3) is 3.77. The van der Waals surface area contributed by atoms with E-state index in [4.69, 9.17) is 0 Å². The summed E-state index contributed by atoms with van der Waals surface area (Å²) in [4.78, 5) is 0. The molecule has 1 heteroatoms. The van der Waals surface area contributed by atoms with E-state index in [0.29, 0.717) is 23.7 Å². The summed E-state index contributed by atoms with van der Waals surface area (Å²) >= 11 is 0. The van der Waals surface area contributed by atoms with Gasteiger partial charge >= 0.3 is 0 Å². The third-order valence-electron chi connectivity index (χ3n) is 8.28. The summed E-state index contributed by atoms with van der Waals surface area (Å²) in [7, 11) is 0. The third-order valence-corrected chi connectivity index (χ3v) is 8.28. The minimum absolute atomic E-state index is 0.0475. The largest absolute Gasteiger partial charge is 0.389 e. The number of aliphatic hydroxyl groups excluding tert-OH is 1. The van der Waals surface area contributed by atoms with Crippen molar-refractivity contribution < 1.29 is 5.11 Å². The highest BCUT2D eigenvalue weighted by Gasteiger charge is 2.51. The lowest BCUT2D eigenvalue weighted by Gasteiger charge is -2.54. The molecule has 0 saturated carbocycles. The molecule has 0 spiro atoms. The summed E-state index contributed by atoms with van der Waals surface area (Å²) in [5, 5.41) is 11.6. The zero-order valence-electron chi connectivity index (χ0n) is 20.5. The molecule has 6 atom stereocenters. The summed E-state index contributed by atoms with van der Waals surface area (Å²) in [6.45, 7) is 11.8. The number of allylic oxidation sites excluding steroid dienone is 1. The fourth-order valence-corrected chi connectivity index (χ4v) is 6.92. The van der Waals surface area contributed by atoms with Crippen LogP contribution in [-0.2, 0) is 0 Å². The van der Waals surface area contributed by atoms with Gasteiger partial charge in [-0.2, -0.15) is 0 Å². The Morgan fingerprint density at radius 2 is 1.24 bits per heavy atom. The Hall–Kier alpha value is -2.64. The SMILES string of the molecule is CC1C(c2ccccc2)=CC(O)C2C1C(C)c1ccc(-c3ccccc3)cc1C2C(C)(C)C. The molecule has 0 saturated heterocycles. The first-order chi connectivity index (χ1) is 15.8. The average molecular weight is 437 g/mol. The molecule has 0 fully saturated rings. The molecule has 0 bridgehead atoms. The van der Waals surface area contributed by atoms with E-state index in [-0.39, 0.29) is 11.3 Å². The maximum Gasteiger partial charge on any atom is 0.0764 e. The van der Waals surface area contributed by atoms with Crippen LogP contribution in [0.1, 0.15) is 63.1 Å². The van der Waals surface area contributed by atoms with Gasteiger partial charge in [0, 0.05) is 0 Å². The quantitative estimate of drug-likeness (QED) is 0.432. The van der Waals surface area contributed by atoms with Gasteiger partial charge in [0.2, 0.25) is 0 Å². The monoisotopic (exact) mass is 436 g/mol. The second kappa shape index (κ2) is 8.29. The molecule has 0 amide bonds. The number of fused-ring (bicyclic) bond motifs is 2. The molecule has 0 aromatic heterocycles. The summed E-state index contributed by atoms with van der Waals surface area (Å²) < 4.78 is 0. The molecule has 0 heterocycles. The summed E-state index contributed by atoms with van der Waals surface area (Å²) in [6.07, 6.45) is 1.72. The second-order valence-electron chi connectivity index (χ2n) is 11.3. The van der Waals surface area contributed by atoms with Crippen molar-refractivity contribution in [1.29, 1.82) is 0 Å². The highest BCUT2D eigenvalue weighted by molar-refractivity contribution is 5.70. The van der Waals surface area contributed by atoms with E-state index in [9.17, 15) is 5.11 Å². The molecule has 1 nitrogen and oxygen atoms in total. The highest BCUT2D eigenvalue weighted by atomic mass is 16.3. The Kier molecular flexibility index (Phi) is 5.57. The van der Waals surface area contributed by atoms with E-state index in [0.717, 1.165) is 0 Å². The van der Waals surface area contributed by atoms with Gasteiger partial charge in [0.15, 0.2) is 0 Å². The molecule has 3 aromatic carbocycles. The Labute approximate surface area is 199 Å². The van der Waals surface area contributed by atoms with Crippen LogP contribution >= 0.6 is 0 Å². The number of hydrogen-bond acceptors (Lipinski definition) is 1. The van der Waals surface area contributed by atoms with Crippen molar-refractivity contribution in [2.45, 2.75) is 52.6 Å². The summed E-state index contributed by atoms with van der Waals surface area (Å²) in [6, 6.07) is 28.4. The van der Waals surface area contributed by atoms with Crippen LogP contribution in [0.3, 0.4) is 0 Å². The second-order valence-corrected chi connectivity index (χ2v) is 11.3. The van der Waals surface area contributed by atoms with Gasteiger partial charge in [0.25, 0.3) is 0 Å². The lowest BCUT2D eigenvalue weighted by atomic mass is 9.51. The normalized spacial score (nSPS) is 29.1. The van der Waals surface area contributed by atoms with Crippen molar-refractivity contribution >= 4 is 5.57 Å². The molecule has 6 unspecified atom stereocenters. The standard InChI is InChI=1S/C32H36O/c1-20-25-17-16-24(22-12-8-6-9-13-22)18-27(25)31(32(3,4)5)30-28(33)19-26(21(2)29(20)30)23-14-10-7-11-15-23/h6-21,28-31,33H,1-5H3. The van der Waals surface area contributed by atoms with E-state index in [1.165, 1.54) is 33.4 Å². The zero-order chi connectivity index (χ0) is 23.3. The van der Waals surface area contributed by atoms with E-state index >= 15 is 0 Å². The van der Waals surface area contributed by atoms with Crippen LogP contribution in [0.25, 0.3) is 16.7 Å². The number of benzene rings is 3. The molecular formula is C32H36O. The van der Waals surface area contributed by atoms with Crippen molar-refractivity contribution in [1.82, 2.24) is 0 Å². The smallest absolute Gasteiger partial charge is 0.0764 e. The fourth-order valence-electron chi connectivity index (χ4n) is 6.92. The molecule has 0 aliphatic heterocycles. The van der Waals surface area contributed by atoms with Crippen LogP contribution in [0.4, 0.5) is 0 Å². The van der Waals surface area contributed by atoms with Crippen LogP contribution < -0.4 is 0 Å². The van der Waals surface area contributed by atoms with Crippen molar-refractivity contribution in [3.8, 4) is 11.1 Å². The van der Waals surface area contributed by atoms with Gasteiger partial charge in [-0.3, -0.25) is 0 Å². The highest BCUT2D eigenvalue weighted by Crippen LogP contribution is 2.60. The Bertz CT molecular complexity index is 1150. The minimum Gasteiger partial charge on any atom is -0.389 e. The van der Waals surface area contributed by atoms with Crippen LogP contribution in [0, 0.1) is 23.2 Å². The zero-order valence-corrected chi connectivity index (χ0v) is 20.5. The van der Waals surface area contributed by atoms with Crippen molar-refractivity contribution in [3.05, 3.63) is 102 Å². The van der Waals surface area contributed by atoms with Crippen LogP contribution in [0.5, 0.6) is 0 Å². The molecule has 1 N–H and O–H groups in total. The van der Waals surface area contributed by atoms with Gasteiger partial charge in [0.05, 0.1) is 6.10 Å². The first-order valence-electron chi connectivity index (χ1n) is 12.4. The average Bonchev–Trinajstić information content (AvgIpc) is 2.81. The maximum absolute atomic E-state index is 11.6. The van der Waals surface area contributed by atoms with Gasteiger partial charge < -0.3 is 5.11 Å². The van der Waals surface area contributed by atoms with Gasteiger partial charge in [-0.15, -0.1) is 0 Å². The van der Waals surface area contributed by atoms with Gasteiger partial charge in [0.1, 0.15) is 0 Å². The predicted octanol–water partition coefficient (Wildman–Crippen LogP) is 7.93. The molecule has 2 aliphatic rings. The summed E-state index contributed by atoms with van der Waals surface area (Å²) in [5.74, 6) is 1.69. The molecule has 0 radical (unpaired) electrons. The van der Waals surface area contributed by atoms with Gasteiger partial charge in [-0.25, -0.2) is 0 Å². The van der Waals surface area contributed by atoms with E-state index in [1.54, 1.807) is 0 Å². The lowest BCUT2D eigenvalue weighted by molar-refractivity contribution is 0.0174. The van der Waals surface area contributed by atoms with E-state index < -0.39 is 6.10 Å². The maximum atomic E-state index is 11.6. The Morgan fingerprint density at radius 3 is 1.85 bits per heavy atom. The molecule has 5 rings (SSSR count). The van der Waals surface area contributed by atoms with E-state index in [2.05, 4.69) is 120 Å². The first-order valence-corrected chi connectivity index (χ1v) is 12.4. The van der Waals surface area contributed by atoms with Gasteiger partial charge in [-0.1, -0.05) is 120 Å². The Morgan fingerprint density at radius 1 is 0.636 bits per heavy atom. The first kappa shape index (κ1) is 22.2.